The highest BCUT2D eigenvalue weighted by atomic mass is 32.2. The van der Waals surface area contributed by atoms with Gasteiger partial charge >= 0.3 is 0 Å². The molecule has 10 heteroatoms. The van der Waals surface area contributed by atoms with Crippen LogP contribution in [-0.4, -0.2) is 51.4 Å². The summed E-state index contributed by atoms with van der Waals surface area (Å²) in [4.78, 5) is 0.796. The number of aromatic nitrogens is 1. The average Bonchev–Trinajstić information content (AvgIpc) is 3.13. The lowest BCUT2D eigenvalue weighted by Crippen LogP contribution is -2.41. The van der Waals surface area contributed by atoms with Crippen LogP contribution in [-0.2, 0) is 19.9 Å². The minimum Gasteiger partial charge on any atom is -0.361 e. The second-order valence-electron chi connectivity index (χ2n) is 6.78. The molecular formula is C16H22N2O5S3. The zero-order chi connectivity index (χ0) is 19.1. The van der Waals surface area contributed by atoms with Crippen LogP contribution in [0.1, 0.15) is 24.3 Å². The maximum Gasteiger partial charge on any atom is 0.252 e. The first-order valence-electron chi connectivity index (χ1n) is 8.29. The smallest absolute Gasteiger partial charge is 0.252 e. The highest BCUT2D eigenvalue weighted by Gasteiger charge is 2.32. The van der Waals surface area contributed by atoms with Crippen molar-refractivity contribution >= 4 is 31.2 Å². The van der Waals surface area contributed by atoms with E-state index in [2.05, 4.69) is 5.16 Å². The lowest BCUT2D eigenvalue weighted by molar-refractivity contribution is 0.283. The van der Waals surface area contributed by atoms with E-state index in [1.807, 2.05) is 6.92 Å². The largest absolute Gasteiger partial charge is 0.361 e. The third-order valence-electron chi connectivity index (χ3n) is 4.48. The molecule has 1 aliphatic heterocycles. The fourth-order valence-corrected chi connectivity index (χ4v) is 7.65. The summed E-state index contributed by atoms with van der Waals surface area (Å²) >= 11 is 1.19. The second-order valence-corrected chi connectivity index (χ2v) is 12.2. The van der Waals surface area contributed by atoms with Crippen LogP contribution >= 0.6 is 11.3 Å². The number of piperidine rings is 1. The van der Waals surface area contributed by atoms with Gasteiger partial charge in [0, 0.05) is 24.2 Å². The van der Waals surface area contributed by atoms with E-state index in [0.717, 1.165) is 22.6 Å². The summed E-state index contributed by atoms with van der Waals surface area (Å²) in [6, 6.07) is 3.36. The molecule has 3 rings (SSSR count). The molecular weight excluding hydrogens is 396 g/mol. The highest BCUT2D eigenvalue weighted by molar-refractivity contribution is 7.91. The minimum atomic E-state index is -3.64. The molecule has 144 valence electrons. The minimum absolute atomic E-state index is 0.0216. The van der Waals surface area contributed by atoms with E-state index in [0.29, 0.717) is 18.7 Å². The Labute approximate surface area is 158 Å². The first-order chi connectivity index (χ1) is 12.1. The van der Waals surface area contributed by atoms with Crippen molar-refractivity contribution in [1.82, 2.24) is 9.46 Å². The van der Waals surface area contributed by atoms with E-state index in [4.69, 9.17) is 4.52 Å². The SMILES string of the molecule is Cc1noc(C)c1-c1ccc(S(=O)(=O)N2CCCC(CS(C)(=O)=O)C2)s1. The molecule has 3 heterocycles. The molecule has 26 heavy (non-hydrogen) atoms. The topological polar surface area (TPSA) is 97.6 Å². The molecule has 0 amide bonds. The standard InChI is InChI=1S/C16H22N2O5S3/c1-11-16(12(2)23-17-11)14-6-7-15(24-14)26(21,22)18-8-4-5-13(9-18)10-25(3,19)20/h6-7,13H,4-5,8-10H2,1-3H3. The van der Waals surface area contributed by atoms with Crippen molar-refractivity contribution in [3.63, 3.8) is 0 Å². The number of aryl methyl sites for hydroxylation is 2. The number of rotatable bonds is 5. The van der Waals surface area contributed by atoms with Crippen LogP contribution in [0.5, 0.6) is 0 Å². The van der Waals surface area contributed by atoms with Crippen LogP contribution in [0.2, 0.25) is 0 Å². The van der Waals surface area contributed by atoms with E-state index in [-0.39, 0.29) is 22.4 Å². The first-order valence-corrected chi connectivity index (χ1v) is 12.6. The summed E-state index contributed by atoms with van der Waals surface area (Å²) in [6.07, 6.45) is 2.59. The fraction of sp³-hybridized carbons (Fsp3) is 0.562. The van der Waals surface area contributed by atoms with Crippen LogP contribution in [0, 0.1) is 19.8 Å². The predicted molar refractivity (Wildman–Crippen MR) is 100 cm³/mol. The van der Waals surface area contributed by atoms with Gasteiger partial charge < -0.3 is 4.52 Å². The predicted octanol–water partition coefficient (Wildman–Crippen LogP) is 2.47. The van der Waals surface area contributed by atoms with Gasteiger partial charge in [0.2, 0.25) is 0 Å². The molecule has 0 N–H and O–H groups in total. The van der Waals surface area contributed by atoms with E-state index in [1.165, 1.54) is 21.9 Å². The Bertz CT molecular complexity index is 985. The molecule has 1 saturated heterocycles. The Morgan fingerprint density at radius 2 is 2.00 bits per heavy atom. The fourth-order valence-electron chi connectivity index (χ4n) is 3.36. The van der Waals surface area contributed by atoms with Gasteiger partial charge in [0.1, 0.15) is 19.8 Å². The van der Waals surface area contributed by atoms with Crippen molar-refractivity contribution in [2.75, 3.05) is 25.1 Å². The molecule has 0 spiro atoms. The maximum absolute atomic E-state index is 13.0. The Morgan fingerprint density at radius 3 is 2.62 bits per heavy atom. The quantitative estimate of drug-likeness (QED) is 0.740. The molecule has 1 atom stereocenters. The molecule has 0 aliphatic carbocycles. The lowest BCUT2D eigenvalue weighted by atomic mass is 10.0. The Morgan fingerprint density at radius 1 is 1.27 bits per heavy atom. The summed E-state index contributed by atoms with van der Waals surface area (Å²) in [5.74, 6) is 0.517. The van der Waals surface area contributed by atoms with E-state index >= 15 is 0 Å². The number of sulfonamides is 1. The van der Waals surface area contributed by atoms with Gasteiger partial charge in [-0.25, -0.2) is 16.8 Å². The molecule has 2 aromatic rings. The van der Waals surface area contributed by atoms with Gasteiger partial charge in [-0.3, -0.25) is 0 Å². The van der Waals surface area contributed by atoms with Crippen molar-refractivity contribution in [2.24, 2.45) is 5.92 Å². The lowest BCUT2D eigenvalue weighted by Gasteiger charge is -2.31. The van der Waals surface area contributed by atoms with Gasteiger partial charge in [-0.1, -0.05) is 5.16 Å². The third-order valence-corrected chi connectivity index (χ3v) is 8.99. The van der Waals surface area contributed by atoms with E-state index < -0.39 is 19.9 Å². The summed E-state index contributed by atoms with van der Waals surface area (Å²) < 4.78 is 55.9. The van der Waals surface area contributed by atoms with Crippen LogP contribution in [0.25, 0.3) is 10.4 Å². The zero-order valence-corrected chi connectivity index (χ0v) is 17.4. The third kappa shape index (κ3) is 4.03. The highest BCUT2D eigenvalue weighted by Crippen LogP contribution is 2.36. The molecule has 1 aliphatic rings. The van der Waals surface area contributed by atoms with E-state index in [9.17, 15) is 16.8 Å². The van der Waals surface area contributed by atoms with Gasteiger partial charge in [0.15, 0.2) is 0 Å². The number of hydrogen-bond acceptors (Lipinski definition) is 7. The van der Waals surface area contributed by atoms with Crippen LogP contribution in [0.3, 0.4) is 0 Å². The van der Waals surface area contributed by atoms with Crippen molar-refractivity contribution in [3.8, 4) is 10.4 Å². The van der Waals surface area contributed by atoms with Crippen molar-refractivity contribution in [1.29, 1.82) is 0 Å². The van der Waals surface area contributed by atoms with Gasteiger partial charge in [0.05, 0.1) is 17.0 Å². The zero-order valence-electron chi connectivity index (χ0n) is 14.9. The van der Waals surface area contributed by atoms with Gasteiger partial charge in [-0.2, -0.15) is 4.31 Å². The number of hydrogen-bond donors (Lipinski definition) is 0. The number of sulfone groups is 1. The number of nitrogens with zero attached hydrogens (tertiary/aromatic N) is 2. The molecule has 1 fully saturated rings. The van der Waals surface area contributed by atoms with Crippen LogP contribution < -0.4 is 0 Å². The molecule has 2 aromatic heterocycles. The maximum atomic E-state index is 13.0. The average molecular weight is 419 g/mol. The summed E-state index contributed by atoms with van der Waals surface area (Å²) in [5, 5.41) is 3.91. The Hall–Kier alpha value is -1.23. The van der Waals surface area contributed by atoms with E-state index in [1.54, 1.807) is 19.1 Å². The number of thiophene rings is 1. The molecule has 1 unspecified atom stereocenters. The second kappa shape index (κ2) is 7.06. The van der Waals surface area contributed by atoms with Crippen molar-refractivity contribution in [2.45, 2.75) is 30.9 Å². The molecule has 0 radical (unpaired) electrons. The molecule has 7 nitrogen and oxygen atoms in total. The molecule has 0 aromatic carbocycles. The van der Waals surface area contributed by atoms with Crippen LogP contribution in [0.4, 0.5) is 0 Å². The molecule has 0 saturated carbocycles. The summed E-state index contributed by atoms with van der Waals surface area (Å²) in [6.45, 7) is 4.28. The monoisotopic (exact) mass is 418 g/mol. The van der Waals surface area contributed by atoms with Gasteiger partial charge in [-0.15, -0.1) is 11.3 Å². The van der Waals surface area contributed by atoms with Gasteiger partial charge in [-0.05, 0) is 44.7 Å². The van der Waals surface area contributed by atoms with Crippen molar-refractivity contribution < 1.29 is 21.4 Å². The Balaban J connectivity index is 1.85. The van der Waals surface area contributed by atoms with Crippen molar-refractivity contribution in [3.05, 3.63) is 23.6 Å². The normalized spacial score (nSPS) is 19.7. The molecule has 0 bridgehead atoms. The first kappa shape index (κ1) is 19.5. The summed E-state index contributed by atoms with van der Waals surface area (Å²) in [7, 11) is -6.77. The Kier molecular flexibility index (Phi) is 5.31. The van der Waals surface area contributed by atoms with Gasteiger partial charge in [0.25, 0.3) is 10.0 Å². The van der Waals surface area contributed by atoms with Crippen LogP contribution in [0.15, 0.2) is 20.9 Å². The summed E-state index contributed by atoms with van der Waals surface area (Å²) in [5.41, 5.74) is 1.55.